The fourth-order valence-corrected chi connectivity index (χ4v) is 4.17. The number of rotatable bonds is 6. The molecule has 1 saturated heterocycles. The molecule has 0 saturated carbocycles. The van der Waals surface area contributed by atoms with Crippen molar-refractivity contribution in [3.8, 4) is 0 Å². The second-order valence-corrected chi connectivity index (χ2v) is 8.28. The number of piperidine rings is 1. The van der Waals surface area contributed by atoms with Crippen molar-refractivity contribution in [1.82, 2.24) is 9.62 Å². The fourth-order valence-electron chi connectivity index (χ4n) is 3.00. The maximum Gasteiger partial charge on any atom is 0.246 e. The summed E-state index contributed by atoms with van der Waals surface area (Å²) < 4.78 is 58.6. The van der Waals surface area contributed by atoms with Gasteiger partial charge in [-0.05, 0) is 49.1 Å². The van der Waals surface area contributed by atoms with Crippen LogP contribution in [-0.4, -0.2) is 38.9 Å². The van der Waals surface area contributed by atoms with Crippen LogP contribution in [0.1, 0.15) is 18.6 Å². The first-order chi connectivity index (χ1) is 13.3. The van der Waals surface area contributed by atoms with Crippen LogP contribution in [0.25, 0.3) is 6.08 Å². The zero-order valence-electron chi connectivity index (χ0n) is 15.0. The summed E-state index contributed by atoms with van der Waals surface area (Å²) in [5, 5.41) is 0. The molecule has 1 N–H and O–H groups in total. The van der Waals surface area contributed by atoms with E-state index in [-0.39, 0.29) is 18.4 Å². The molecule has 1 aromatic heterocycles. The summed E-state index contributed by atoms with van der Waals surface area (Å²) in [4.78, 5) is 13.3. The maximum atomic E-state index is 13.7. The van der Waals surface area contributed by atoms with Crippen molar-refractivity contribution >= 4 is 22.0 Å². The molecule has 2 aromatic rings. The van der Waals surface area contributed by atoms with Crippen molar-refractivity contribution in [2.75, 3.05) is 19.6 Å². The van der Waals surface area contributed by atoms with Crippen molar-refractivity contribution in [3.05, 3.63) is 60.1 Å². The molecule has 0 unspecified atom stereocenters. The number of sulfonamides is 1. The second-order valence-electron chi connectivity index (χ2n) is 6.54. The lowest BCUT2D eigenvalue weighted by atomic mass is 9.97. The molecule has 0 spiro atoms. The lowest BCUT2D eigenvalue weighted by molar-refractivity contribution is -0.127. The van der Waals surface area contributed by atoms with Gasteiger partial charge in [0, 0.05) is 31.8 Å². The van der Waals surface area contributed by atoms with E-state index in [2.05, 4.69) is 4.72 Å². The van der Waals surface area contributed by atoms with E-state index in [0.717, 1.165) is 12.1 Å². The van der Waals surface area contributed by atoms with E-state index >= 15 is 0 Å². The van der Waals surface area contributed by atoms with Crippen LogP contribution in [0.15, 0.2) is 52.0 Å². The third kappa shape index (κ3) is 5.05. The Morgan fingerprint density at radius 1 is 1.25 bits per heavy atom. The van der Waals surface area contributed by atoms with E-state index in [1.807, 2.05) is 0 Å². The van der Waals surface area contributed by atoms with E-state index in [4.69, 9.17) is 4.42 Å². The number of halogens is 2. The average molecular weight is 410 g/mol. The first kappa shape index (κ1) is 20.2. The Balaban J connectivity index is 1.49. The lowest BCUT2D eigenvalue weighted by Gasteiger charge is -2.31. The molecule has 1 aliphatic heterocycles. The minimum absolute atomic E-state index is 0.0244. The van der Waals surface area contributed by atoms with Crippen molar-refractivity contribution in [2.45, 2.75) is 17.7 Å². The van der Waals surface area contributed by atoms with Gasteiger partial charge in [-0.25, -0.2) is 21.9 Å². The number of carbonyl (C=O) groups is 1. The number of hydrogen-bond donors (Lipinski definition) is 1. The smallest absolute Gasteiger partial charge is 0.246 e. The number of likely N-dealkylation sites (tertiary alicyclic amines) is 1. The molecule has 0 aliphatic carbocycles. The van der Waals surface area contributed by atoms with Gasteiger partial charge in [0.15, 0.2) is 0 Å². The third-order valence-electron chi connectivity index (χ3n) is 4.61. The van der Waals surface area contributed by atoms with Gasteiger partial charge in [0.2, 0.25) is 15.9 Å². The minimum atomic E-state index is -4.06. The zero-order chi connectivity index (χ0) is 20.1. The third-order valence-corrected chi connectivity index (χ3v) is 6.06. The Hall–Kier alpha value is -2.52. The number of benzene rings is 1. The molecule has 0 bridgehead atoms. The number of hydrogen-bond acceptors (Lipinski definition) is 4. The van der Waals surface area contributed by atoms with Gasteiger partial charge < -0.3 is 9.32 Å². The summed E-state index contributed by atoms with van der Waals surface area (Å²) in [6.45, 7) is 1.13. The van der Waals surface area contributed by atoms with Crippen molar-refractivity contribution in [3.63, 3.8) is 0 Å². The number of nitrogens with zero attached hydrogens (tertiary/aromatic N) is 1. The molecule has 150 valence electrons. The van der Waals surface area contributed by atoms with Gasteiger partial charge in [-0.1, -0.05) is 0 Å². The SMILES string of the molecule is O=C(/C=C/c1ccco1)N1CCC(CNS(=O)(=O)c2ccc(F)cc2F)CC1. The standard InChI is InChI=1S/C19H20F2N2O4S/c20-15-3-5-18(17(21)12-15)28(25,26)22-13-14-7-9-23(10-8-14)19(24)6-4-16-2-1-11-27-16/h1-6,11-12,14,22H,7-10,13H2/b6-4+. The molecule has 3 rings (SSSR count). The molecular weight excluding hydrogens is 390 g/mol. The summed E-state index contributed by atoms with van der Waals surface area (Å²) in [5.74, 6) is -1.49. The van der Waals surface area contributed by atoms with E-state index in [1.54, 1.807) is 23.1 Å². The molecular formula is C19H20F2N2O4S. The summed E-state index contributed by atoms with van der Waals surface area (Å²) >= 11 is 0. The Labute approximate surface area is 161 Å². The molecule has 1 amide bonds. The van der Waals surface area contributed by atoms with Crippen LogP contribution in [0.3, 0.4) is 0 Å². The predicted octanol–water partition coefficient (Wildman–Crippen LogP) is 2.79. The van der Waals surface area contributed by atoms with Crippen molar-refractivity contribution < 1.29 is 26.4 Å². The number of nitrogens with one attached hydrogen (secondary N) is 1. The first-order valence-electron chi connectivity index (χ1n) is 8.80. The van der Waals surface area contributed by atoms with Gasteiger partial charge in [-0.3, -0.25) is 4.79 Å². The molecule has 0 atom stereocenters. The molecule has 1 aromatic carbocycles. The average Bonchev–Trinajstić information content (AvgIpc) is 3.18. The van der Waals surface area contributed by atoms with Crippen LogP contribution < -0.4 is 4.72 Å². The van der Waals surface area contributed by atoms with Crippen LogP contribution in [0.5, 0.6) is 0 Å². The van der Waals surface area contributed by atoms with E-state index in [9.17, 15) is 22.0 Å². The predicted molar refractivity (Wildman–Crippen MR) is 98.6 cm³/mol. The summed E-state index contributed by atoms with van der Waals surface area (Å²) in [7, 11) is -4.06. The minimum Gasteiger partial charge on any atom is -0.465 e. The highest BCUT2D eigenvalue weighted by Gasteiger charge is 2.25. The molecule has 2 heterocycles. The largest absolute Gasteiger partial charge is 0.465 e. The van der Waals surface area contributed by atoms with Crippen molar-refractivity contribution in [1.29, 1.82) is 0 Å². The van der Waals surface area contributed by atoms with Gasteiger partial charge in [0.05, 0.1) is 6.26 Å². The van der Waals surface area contributed by atoms with Crippen LogP contribution in [0.2, 0.25) is 0 Å². The van der Waals surface area contributed by atoms with Crippen LogP contribution in [0, 0.1) is 17.6 Å². The van der Waals surface area contributed by atoms with Crippen LogP contribution in [-0.2, 0) is 14.8 Å². The topological polar surface area (TPSA) is 79.6 Å². The Morgan fingerprint density at radius 2 is 2.00 bits per heavy atom. The zero-order valence-corrected chi connectivity index (χ0v) is 15.8. The molecule has 6 nitrogen and oxygen atoms in total. The summed E-state index contributed by atoms with van der Waals surface area (Å²) in [5.41, 5.74) is 0. The van der Waals surface area contributed by atoms with Crippen molar-refractivity contribution in [2.24, 2.45) is 5.92 Å². The highest BCUT2D eigenvalue weighted by Crippen LogP contribution is 2.19. The van der Waals surface area contributed by atoms with E-state index < -0.39 is 26.6 Å². The molecule has 9 heteroatoms. The first-order valence-corrected chi connectivity index (χ1v) is 10.3. The van der Waals surface area contributed by atoms with E-state index in [0.29, 0.717) is 37.8 Å². The lowest BCUT2D eigenvalue weighted by Crippen LogP contribution is -2.41. The van der Waals surface area contributed by atoms with Crippen LogP contribution in [0.4, 0.5) is 8.78 Å². The molecule has 1 aliphatic rings. The van der Waals surface area contributed by atoms with Gasteiger partial charge in [0.1, 0.15) is 22.3 Å². The summed E-state index contributed by atoms with van der Waals surface area (Å²) in [6.07, 6.45) is 5.80. The Kier molecular flexibility index (Phi) is 6.25. The normalized spacial score (nSPS) is 16.0. The highest BCUT2D eigenvalue weighted by atomic mass is 32.2. The fraction of sp³-hybridized carbons (Fsp3) is 0.316. The maximum absolute atomic E-state index is 13.7. The van der Waals surface area contributed by atoms with Crippen LogP contribution >= 0.6 is 0 Å². The molecule has 0 radical (unpaired) electrons. The molecule has 1 fully saturated rings. The summed E-state index contributed by atoms with van der Waals surface area (Å²) in [6, 6.07) is 5.81. The molecule has 28 heavy (non-hydrogen) atoms. The van der Waals surface area contributed by atoms with Gasteiger partial charge in [-0.15, -0.1) is 0 Å². The Morgan fingerprint density at radius 3 is 2.64 bits per heavy atom. The Bertz CT molecular complexity index is 950. The van der Waals surface area contributed by atoms with Gasteiger partial charge >= 0.3 is 0 Å². The number of carbonyl (C=O) groups excluding carboxylic acids is 1. The monoisotopic (exact) mass is 410 g/mol. The van der Waals surface area contributed by atoms with Gasteiger partial charge in [0.25, 0.3) is 0 Å². The highest BCUT2D eigenvalue weighted by molar-refractivity contribution is 7.89. The quantitative estimate of drug-likeness (QED) is 0.743. The second kappa shape index (κ2) is 8.66. The number of furan rings is 1. The number of amides is 1. The van der Waals surface area contributed by atoms with Gasteiger partial charge in [-0.2, -0.15) is 0 Å². The van der Waals surface area contributed by atoms with E-state index in [1.165, 1.54) is 12.3 Å².